The van der Waals surface area contributed by atoms with Gasteiger partial charge in [-0.2, -0.15) is 0 Å². The van der Waals surface area contributed by atoms with Crippen LogP contribution >= 0.6 is 11.3 Å². The molecular formula is C11H19NOS. The lowest BCUT2D eigenvalue weighted by Gasteiger charge is -2.25. The van der Waals surface area contributed by atoms with Gasteiger partial charge in [0.05, 0.1) is 5.60 Å². The number of aliphatic hydroxyl groups is 1. The van der Waals surface area contributed by atoms with Crippen LogP contribution in [0.5, 0.6) is 0 Å². The van der Waals surface area contributed by atoms with Gasteiger partial charge in [0, 0.05) is 18.0 Å². The van der Waals surface area contributed by atoms with E-state index < -0.39 is 5.60 Å². The molecule has 0 unspecified atom stereocenters. The van der Waals surface area contributed by atoms with Gasteiger partial charge < -0.3 is 10.0 Å². The lowest BCUT2D eigenvalue weighted by atomic mass is 10.1. The summed E-state index contributed by atoms with van der Waals surface area (Å²) < 4.78 is 0. The molecule has 0 spiro atoms. The Morgan fingerprint density at radius 1 is 1.50 bits per heavy atom. The molecular weight excluding hydrogens is 194 g/mol. The molecule has 0 radical (unpaired) electrons. The highest BCUT2D eigenvalue weighted by molar-refractivity contribution is 7.09. The van der Waals surface area contributed by atoms with Crippen molar-refractivity contribution in [2.24, 2.45) is 0 Å². The summed E-state index contributed by atoms with van der Waals surface area (Å²) in [7, 11) is 2.05. The molecule has 0 aliphatic rings. The highest BCUT2D eigenvalue weighted by Crippen LogP contribution is 2.10. The molecule has 0 saturated carbocycles. The second kappa shape index (κ2) is 4.91. The van der Waals surface area contributed by atoms with Gasteiger partial charge in [0.25, 0.3) is 0 Å². The maximum atomic E-state index is 9.61. The van der Waals surface area contributed by atoms with E-state index in [1.807, 2.05) is 20.9 Å². The summed E-state index contributed by atoms with van der Waals surface area (Å²) in [6, 6.07) is 4.23. The molecule has 0 aliphatic carbocycles. The fourth-order valence-electron chi connectivity index (χ4n) is 1.50. The molecule has 0 atom stereocenters. The Balaban J connectivity index is 2.25. The molecule has 80 valence electrons. The van der Waals surface area contributed by atoms with Crippen molar-refractivity contribution in [3.8, 4) is 0 Å². The molecule has 3 heteroatoms. The van der Waals surface area contributed by atoms with Gasteiger partial charge in [-0.25, -0.2) is 0 Å². The Hall–Kier alpha value is -0.380. The van der Waals surface area contributed by atoms with Crippen LogP contribution < -0.4 is 0 Å². The molecule has 1 aromatic heterocycles. The molecule has 0 bridgehead atoms. The normalized spacial score (nSPS) is 12.4. The van der Waals surface area contributed by atoms with E-state index in [0.29, 0.717) is 0 Å². The molecule has 0 amide bonds. The average molecular weight is 213 g/mol. The molecule has 0 fully saturated rings. The molecule has 14 heavy (non-hydrogen) atoms. The number of hydrogen-bond acceptors (Lipinski definition) is 3. The Bertz CT molecular complexity index is 251. The summed E-state index contributed by atoms with van der Waals surface area (Å²) in [5, 5.41) is 11.7. The standard InChI is InChI=1S/C11H19NOS/c1-11(2,13)9-12(3)7-6-10-5-4-8-14-10/h4-5,8,13H,6-7,9H2,1-3H3. The second-order valence-corrected chi connectivity index (χ2v) is 5.41. The average Bonchev–Trinajstić information content (AvgIpc) is 2.49. The van der Waals surface area contributed by atoms with Gasteiger partial charge in [0.15, 0.2) is 0 Å². The quantitative estimate of drug-likeness (QED) is 0.808. The van der Waals surface area contributed by atoms with Crippen LogP contribution in [0, 0.1) is 0 Å². The molecule has 1 rings (SSSR count). The first-order valence-corrected chi connectivity index (χ1v) is 5.79. The summed E-state index contributed by atoms with van der Waals surface area (Å²) in [5.74, 6) is 0. The fourth-order valence-corrected chi connectivity index (χ4v) is 2.19. The summed E-state index contributed by atoms with van der Waals surface area (Å²) in [5.41, 5.74) is -0.593. The third-order valence-electron chi connectivity index (χ3n) is 1.98. The van der Waals surface area contributed by atoms with E-state index >= 15 is 0 Å². The van der Waals surface area contributed by atoms with Crippen molar-refractivity contribution < 1.29 is 5.11 Å². The first-order valence-electron chi connectivity index (χ1n) is 4.91. The van der Waals surface area contributed by atoms with Crippen molar-refractivity contribution in [2.75, 3.05) is 20.1 Å². The summed E-state index contributed by atoms with van der Waals surface area (Å²) in [6.07, 6.45) is 1.07. The highest BCUT2D eigenvalue weighted by Gasteiger charge is 2.15. The molecule has 0 aromatic carbocycles. The molecule has 1 heterocycles. The van der Waals surface area contributed by atoms with Crippen molar-refractivity contribution >= 4 is 11.3 Å². The third-order valence-corrected chi connectivity index (χ3v) is 2.91. The first kappa shape index (κ1) is 11.7. The largest absolute Gasteiger partial charge is 0.389 e. The van der Waals surface area contributed by atoms with E-state index in [4.69, 9.17) is 0 Å². The highest BCUT2D eigenvalue weighted by atomic mass is 32.1. The SMILES string of the molecule is CN(CCc1cccs1)CC(C)(C)O. The van der Waals surface area contributed by atoms with E-state index in [1.165, 1.54) is 4.88 Å². The lowest BCUT2D eigenvalue weighted by molar-refractivity contribution is 0.0450. The van der Waals surface area contributed by atoms with Crippen LogP contribution in [-0.4, -0.2) is 35.7 Å². The van der Waals surface area contributed by atoms with Crippen LogP contribution in [0.25, 0.3) is 0 Å². The topological polar surface area (TPSA) is 23.5 Å². The fraction of sp³-hybridized carbons (Fsp3) is 0.636. The maximum Gasteiger partial charge on any atom is 0.0718 e. The Morgan fingerprint density at radius 3 is 2.71 bits per heavy atom. The monoisotopic (exact) mass is 213 g/mol. The van der Waals surface area contributed by atoms with Crippen molar-refractivity contribution in [2.45, 2.75) is 25.9 Å². The zero-order valence-corrected chi connectivity index (χ0v) is 9.97. The van der Waals surface area contributed by atoms with Crippen LogP contribution in [0.15, 0.2) is 17.5 Å². The Kier molecular flexibility index (Phi) is 4.11. The predicted molar refractivity (Wildman–Crippen MR) is 61.8 cm³/mol. The number of likely N-dealkylation sites (N-methyl/N-ethyl adjacent to an activating group) is 1. The first-order chi connectivity index (χ1) is 6.47. The van der Waals surface area contributed by atoms with Gasteiger partial charge in [0.2, 0.25) is 0 Å². The third kappa shape index (κ3) is 4.74. The van der Waals surface area contributed by atoms with Gasteiger partial charge in [-0.05, 0) is 38.8 Å². The minimum Gasteiger partial charge on any atom is -0.389 e. The van der Waals surface area contributed by atoms with Crippen molar-refractivity contribution in [1.82, 2.24) is 4.90 Å². The number of hydrogen-bond donors (Lipinski definition) is 1. The molecule has 1 N–H and O–H groups in total. The van der Waals surface area contributed by atoms with Gasteiger partial charge in [-0.15, -0.1) is 11.3 Å². The second-order valence-electron chi connectivity index (χ2n) is 4.38. The van der Waals surface area contributed by atoms with Gasteiger partial charge >= 0.3 is 0 Å². The number of rotatable bonds is 5. The molecule has 1 aromatic rings. The van der Waals surface area contributed by atoms with Gasteiger partial charge in [-0.1, -0.05) is 6.07 Å². The van der Waals surface area contributed by atoms with Crippen molar-refractivity contribution in [3.05, 3.63) is 22.4 Å². The minimum atomic E-state index is -0.593. The van der Waals surface area contributed by atoms with E-state index in [0.717, 1.165) is 19.5 Å². The van der Waals surface area contributed by atoms with Crippen LogP contribution in [0.3, 0.4) is 0 Å². The zero-order valence-electron chi connectivity index (χ0n) is 9.16. The van der Waals surface area contributed by atoms with Crippen molar-refractivity contribution in [1.29, 1.82) is 0 Å². The Morgan fingerprint density at radius 2 is 2.21 bits per heavy atom. The molecule has 0 aliphatic heterocycles. The maximum absolute atomic E-state index is 9.61. The van der Waals surface area contributed by atoms with E-state index in [-0.39, 0.29) is 0 Å². The zero-order chi connectivity index (χ0) is 10.6. The summed E-state index contributed by atoms with van der Waals surface area (Å²) in [4.78, 5) is 3.58. The van der Waals surface area contributed by atoms with Gasteiger partial charge in [0.1, 0.15) is 0 Å². The number of nitrogens with zero attached hydrogens (tertiary/aromatic N) is 1. The van der Waals surface area contributed by atoms with Gasteiger partial charge in [-0.3, -0.25) is 0 Å². The van der Waals surface area contributed by atoms with Crippen LogP contribution in [-0.2, 0) is 6.42 Å². The van der Waals surface area contributed by atoms with Crippen LogP contribution in [0.2, 0.25) is 0 Å². The van der Waals surface area contributed by atoms with Crippen LogP contribution in [0.1, 0.15) is 18.7 Å². The summed E-state index contributed by atoms with van der Waals surface area (Å²) in [6.45, 7) is 5.41. The van der Waals surface area contributed by atoms with E-state index in [2.05, 4.69) is 22.4 Å². The van der Waals surface area contributed by atoms with E-state index in [9.17, 15) is 5.11 Å². The number of thiophene rings is 1. The lowest BCUT2D eigenvalue weighted by Crippen LogP contribution is -2.37. The van der Waals surface area contributed by atoms with Crippen molar-refractivity contribution in [3.63, 3.8) is 0 Å². The van der Waals surface area contributed by atoms with E-state index in [1.54, 1.807) is 11.3 Å². The Labute approximate surface area is 90.2 Å². The molecule has 0 saturated heterocycles. The minimum absolute atomic E-state index is 0.593. The molecule has 2 nitrogen and oxygen atoms in total. The predicted octanol–water partition coefficient (Wildman–Crippen LogP) is 1.99. The summed E-state index contributed by atoms with van der Waals surface area (Å²) >= 11 is 1.79. The van der Waals surface area contributed by atoms with Crippen LogP contribution in [0.4, 0.5) is 0 Å². The smallest absolute Gasteiger partial charge is 0.0718 e.